The van der Waals surface area contributed by atoms with Crippen molar-refractivity contribution in [3.05, 3.63) is 64.2 Å². The molecule has 8 nitrogen and oxygen atoms in total. The Morgan fingerprint density at radius 2 is 1.69 bits per heavy atom. The first kappa shape index (κ1) is 20.3. The molecule has 0 radical (unpaired) electrons. The van der Waals surface area contributed by atoms with Crippen molar-refractivity contribution < 1.29 is 19.2 Å². The highest BCUT2D eigenvalue weighted by molar-refractivity contribution is 5.95. The van der Waals surface area contributed by atoms with Crippen LogP contribution in [-0.4, -0.2) is 54.3 Å². The van der Waals surface area contributed by atoms with E-state index in [2.05, 4.69) is 0 Å². The van der Waals surface area contributed by atoms with E-state index in [-0.39, 0.29) is 28.9 Å². The Morgan fingerprint density at radius 1 is 1.03 bits per heavy atom. The first-order valence-electron chi connectivity index (χ1n) is 9.51. The third-order valence-corrected chi connectivity index (χ3v) is 4.91. The minimum absolute atomic E-state index is 0.0594. The number of anilines is 1. The van der Waals surface area contributed by atoms with Crippen LogP contribution in [0.1, 0.15) is 23.7 Å². The Kier molecular flexibility index (Phi) is 6.43. The highest BCUT2D eigenvalue weighted by Crippen LogP contribution is 2.28. The standard InChI is InChI=1S/C21H23N3O5/c1-2-20(25)16-7-9-17(10-8-16)29-15-21(26)23-13-11-22(12-14-23)18-5-3-4-6-19(18)24(27)28/h3-10H,2,11-15H2,1H3. The van der Waals surface area contributed by atoms with E-state index in [1.807, 2.05) is 4.90 Å². The molecule has 1 aliphatic heterocycles. The molecule has 2 aromatic rings. The lowest BCUT2D eigenvalue weighted by atomic mass is 10.1. The summed E-state index contributed by atoms with van der Waals surface area (Å²) in [5, 5.41) is 11.2. The number of hydrogen-bond acceptors (Lipinski definition) is 6. The number of nitro groups is 1. The van der Waals surface area contributed by atoms with Crippen LogP contribution in [0.5, 0.6) is 5.75 Å². The van der Waals surface area contributed by atoms with Gasteiger partial charge in [-0.3, -0.25) is 19.7 Å². The van der Waals surface area contributed by atoms with E-state index in [9.17, 15) is 19.7 Å². The Morgan fingerprint density at radius 3 is 2.31 bits per heavy atom. The summed E-state index contributed by atoms with van der Waals surface area (Å²) in [6.07, 6.45) is 0.441. The van der Waals surface area contributed by atoms with Crippen molar-refractivity contribution >= 4 is 23.1 Å². The second-order valence-corrected chi connectivity index (χ2v) is 6.70. The zero-order valence-electron chi connectivity index (χ0n) is 16.2. The summed E-state index contributed by atoms with van der Waals surface area (Å²) in [6.45, 7) is 3.69. The van der Waals surface area contributed by atoms with Crippen LogP contribution in [0.2, 0.25) is 0 Å². The summed E-state index contributed by atoms with van der Waals surface area (Å²) in [4.78, 5) is 38.5. The minimum atomic E-state index is -0.389. The number of Topliss-reactive ketones (excluding diaryl/α,β-unsaturated/α-hetero) is 1. The van der Waals surface area contributed by atoms with Crippen LogP contribution in [0.3, 0.4) is 0 Å². The third-order valence-electron chi connectivity index (χ3n) is 4.91. The van der Waals surface area contributed by atoms with E-state index in [4.69, 9.17) is 4.74 Å². The van der Waals surface area contributed by atoms with Crippen molar-refractivity contribution in [3.8, 4) is 5.75 Å². The number of piperazine rings is 1. The monoisotopic (exact) mass is 397 g/mol. The molecule has 3 rings (SSSR count). The maximum Gasteiger partial charge on any atom is 0.292 e. The maximum absolute atomic E-state index is 12.4. The fraction of sp³-hybridized carbons (Fsp3) is 0.333. The van der Waals surface area contributed by atoms with Gasteiger partial charge in [0.2, 0.25) is 0 Å². The van der Waals surface area contributed by atoms with E-state index in [0.29, 0.717) is 49.6 Å². The molecule has 0 saturated carbocycles. The molecule has 8 heteroatoms. The fourth-order valence-electron chi connectivity index (χ4n) is 3.26. The number of para-hydroxylation sites is 2. The van der Waals surface area contributed by atoms with Gasteiger partial charge in [-0.1, -0.05) is 19.1 Å². The van der Waals surface area contributed by atoms with Crippen molar-refractivity contribution in [2.24, 2.45) is 0 Å². The number of hydrogen-bond donors (Lipinski definition) is 0. The van der Waals surface area contributed by atoms with Gasteiger partial charge in [-0.15, -0.1) is 0 Å². The molecule has 1 amide bonds. The predicted octanol–water partition coefficient (Wildman–Crippen LogP) is 2.92. The third kappa shape index (κ3) is 4.90. The van der Waals surface area contributed by atoms with Gasteiger partial charge in [-0.2, -0.15) is 0 Å². The van der Waals surface area contributed by atoms with Gasteiger partial charge in [0.05, 0.1) is 4.92 Å². The first-order chi connectivity index (χ1) is 14.0. The van der Waals surface area contributed by atoms with Gasteiger partial charge in [-0.25, -0.2) is 0 Å². The SMILES string of the molecule is CCC(=O)c1ccc(OCC(=O)N2CCN(c3ccccc3[N+](=O)[O-])CC2)cc1. The van der Waals surface area contributed by atoms with Gasteiger partial charge in [0, 0.05) is 44.2 Å². The number of benzene rings is 2. The second kappa shape index (κ2) is 9.18. The van der Waals surface area contributed by atoms with Crippen molar-refractivity contribution in [1.29, 1.82) is 0 Å². The smallest absolute Gasteiger partial charge is 0.292 e. The lowest BCUT2D eigenvalue weighted by Crippen LogP contribution is -2.50. The number of nitro benzene ring substituents is 1. The van der Waals surface area contributed by atoms with Crippen molar-refractivity contribution in [3.63, 3.8) is 0 Å². The summed E-state index contributed by atoms with van der Waals surface area (Å²) in [6, 6.07) is 13.4. The molecule has 0 aliphatic carbocycles. The van der Waals surface area contributed by atoms with Crippen LogP contribution < -0.4 is 9.64 Å². The largest absolute Gasteiger partial charge is 0.484 e. The van der Waals surface area contributed by atoms with Gasteiger partial charge in [0.15, 0.2) is 12.4 Å². The molecular weight excluding hydrogens is 374 g/mol. The van der Waals surface area contributed by atoms with Crippen LogP contribution in [0.25, 0.3) is 0 Å². The van der Waals surface area contributed by atoms with Gasteiger partial charge in [-0.05, 0) is 30.3 Å². The van der Waals surface area contributed by atoms with Gasteiger partial charge >= 0.3 is 0 Å². The number of carbonyl (C=O) groups excluding carboxylic acids is 2. The van der Waals surface area contributed by atoms with E-state index >= 15 is 0 Å². The number of ether oxygens (including phenoxy) is 1. The first-order valence-corrected chi connectivity index (χ1v) is 9.51. The second-order valence-electron chi connectivity index (χ2n) is 6.70. The number of carbonyl (C=O) groups is 2. The van der Waals surface area contributed by atoms with Gasteiger partial charge in [0.1, 0.15) is 11.4 Å². The Labute approximate surface area is 168 Å². The molecule has 1 saturated heterocycles. The average Bonchev–Trinajstić information content (AvgIpc) is 2.77. The maximum atomic E-state index is 12.4. The fourth-order valence-corrected chi connectivity index (χ4v) is 3.26. The summed E-state index contributed by atoms with van der Waals surface area (Å²) < 4.78 is 5.55. The summed E-state index contributed by atoms with van der Waals surface area (Å²) in [5.74, 6) is 0.453. The molecular formula is C21H23N3O5. The zero-order valence-corrected chi connectivity index (χ0v) is 16.2. The molecule has 0 spiro atoms. The molecule has 0 bridgehead atoms. The summed E-state index contributed by atoms with van der Waals surface area (Å²) in [7, 11) is 0. The quantitative estimate of drug-likeness (QED) is 0.405. The number of amides is 1. The molecule has 29 heavy (non-hydrogen) atoms. The normalized spacial score (nSPS) is 13.8. The number of ketones is 1. The van der Waals surface area contributed by atoms with E-state index < -0.39 is 0 Å². The van der Waals surface area contributed by atoms with Crippen molar-refractivity contribution in [2.45, 2.75) is 13.3 Å². The lowest BCUT2D eigenvalue weighted by Gasteiger charge is -2.35. The lowest BCUT2D eigenvalue weighted by molar-refractivity contribution is -0.384. The molecule has 1 aliphatic rings. The minimum Gasteiger partial charge on any atom is -0.484 e. The van der Waals surface area contributed by atoms with Crippen LogP contribution in [0.4, 0.5) is 11.4 Å². The van der Waals surface area contributed by atoms with Crippen molar-refractivity contribution in [2.75, 3.05) is 37.7 Å². The van der Waals surface area contributed by atoms with Crippen LogP contribution >= 0.6 is 0 Å². The zero-order chi connectivity index (χ0) is 20.8. The highest BCUT2D eigenvalue weighted by Gasteiger charge is 2.25. The molecule has 0 atom stereocenters. The number of rotatable bonds is 7. The Bertz CT molecular complexity index is 889. The molecule has 0 unspecified atom stereocenters. The van der Waals surface area contributed by atoms with Gasteiger partial charge < -0.3 is 14.5 Å². The Hall–Kier alpha value is -3.42. The topological polar surface area (TPSA) is 93.0 Å². The molecule has 152 valence electrons. The average molecular weight is 397 g/mol. The van der Waals surface area contributed by atoms with Crippen LogP contribution in [-0.2, 0) is 4.79 Å². The van der Waals surface area contributed by atoms with Crippen molar-refractivity contribution in [1.82, 2.24) is 4.90 Å². The number of nitrogens with zero attached hydrogens (tertiary/aromatic N) is 3. The molecule has 2 aromatic carbocycles. The molecule has 0 N–H and O–H groups in total. The van der Waals surface area contributed by atoms with Gasteiger partial charge in [0.25, 0.3) is 11.6 Å². The van der Waals surface area contributed by atoms with Crippen LogP contribution in [0.15, 0.2) is 48.5 Å². The predicted molar refractivity (Wildman–Crippen MR) is 108 cm³/mol. The van der Waals surface area contributed by atoms with Crippen LogP contribution in [0, 0.1) is 10.1 Å². The summed E-state index contributed by atoms with van der Waals surface area (Å²) in [5.41, 5.74) is 1.26. The summed E-state index contributed by atoms with van der Waals surface area (Å²) >= 11 is 0. The van der Waals surface area contributed by atoms with E-state index in [0.717, 1.165) is 0 Å². The molecule has 1 heterocycles. The Balaban J connectivity index is 1.52. The molecule has 0 aromatic heterocycles. The highest BCUT2D eigenvalue weighted by atomic mass is 16.6. The van der Waals surface area contributed by atoms with E-state index in [1.54, 1.807) is 54.3 Å². The van der Waals surface area contributed by atoms with E-state index in [1.165, 1.54) is 6.07 Å². The molecule has 1 fully saturated rings.